The molecule has 0 N–H and O–H groups in total. The molecule has 1 aromatic carbocycles. The van der Waals surface area contributed by atoms with Crippen LogP contribution in [0.25, 0.3) is 0 Å². The summed E-state index contributed by atoms with van der Waals surface area (Å²) >= 11 is 0. The number of hydrogen-bond acceptors (Lipinski definition) is 6. The van der Waals surface area contributed by atoms with Crippen LogP contribution in [0.4, 0.5) is 5.69 Å². The average Bonchev–Trinajstić information content (AvgIpc) is 2.25. The third-order valence-electron chi connectivity index (χ3n) is 1.89. The molecule has 0 aromatic heterocycles. The number of methoxy groups -OCH3 is 1. The molecule has 0 aliphatic rings. The molecule has 0 amide bonds. The van der Waals surface area contributed by atoms with Crippen molar-refractivity contribution in [2.75, 3.05) is 7.11 Å². The molecular formula is C8H6ClNO6S. The van der Waals surface area contributed by atoms with Gasteiger partial charge in [-0.3, -0.25) is 14.9 Å². The minimum Gasteiger partial charge on any atom is -0.497 e. The van der Waals surface area contributed by atoms with E-state index in [4.69, 9.17) is 15.4 Å². The second kappa shape index (κ2) is 4.68. The number of halogens is 1. The van der Waals surface area contributed by atoms with Crippen LogP contribution < -0.4 is 4.74 Å². The summed E-state index contributed by atoms with van der Waals surface area (Å²) in [4.78, 5) is 19.7. The van der Waals surface area contributed by atoms with E-state index in [2.05, 4.69) is 0 Å². The number of carbonyl (C=O) groups is 1. The molecule has 0 aliphatic carbocycles. The highest BCUT2D eigenvalue weighted by Crippen LogP contribution is 2.33. The van der Waals surface area contributed by atoms with E-state index in [-0.39, 0.29) is 12.0 Å². The van der Waals surface area contributed by atoms with Crippen molar-refractivity contribution in [2.24, 2.45) is 0 Å². The van der Waals surface area contributed by atoms with E-state index >= 15 is 0 Å². The summed E-state index contributed by atoms with van der Waals surface area (Å²) < 4.78 is 27.1. The van der Waals surface area contributed by atoms with Crippen LogP contribution in [0.15, 0.2) is 17.0 Å². The smallest absolute Gasteiger partial charge is 0.299 e. The standard InChI is InChI=1S/C8H6ClNO6S/c1-16-6-2-5(4-11)8(10(12)13)7(3-6)17(9,14)15/h2-4H,1H3. The van der Waals surface area contributed by atoms with Crippen molar-refractivity contribution in [3.05, 3.63) is 27.8 Å². The molecule has 0 saturated heterocycles. The molecule has 9 heteroatoms. The first kappa shape index (κ1) is 13.4. The molecule has 92 valence electrons. The van der Waals surface area contributed by atoms with Gasteiger partial charge < -0.3 is 4.74 Å². The summed E-state index contributed by atoms with van der Waals surface area (Å²) in [7, 11) is 1.93. The van der Waals surface area contributed by atoms with Gasteiger partial charge in [0.25, 0.3) is 14.7 Å². The van der Waals surface area contributed by atoms with Gasteiger partial charge in [-0.2, -0.15) is 0 Å². The van der Waals surface area contributed by atoms with E-state index in [1.165, 1.54) is 7.11 Å². The SMILES string of the molecule is COc1cc(C=O)c([N+](=O)[O-])c(S(=O)(=O)Cl)c1. The van der Waals surface area contributed by atoms with E-state index in [0.29, 0.717) is 0 Å². The predicted octanol–water partition coefficient (Wildman–Crippen LogP) is 1.34. The minimum absolute atomic E-state index is 0.0167. The number of ether oxygens (including phenoxy) is 1. The summed E-state index contributed by atoms with van der Waals surface area (Å²) in [6.45, 7) is 0. The largest absolute Gasteiger partial charge is 0.497 e. The van der Waals surface area contributed by atoms with E-state index in [1.54, 1.807) is 0 Å². The van der Waals surface area contributed by atoms with Gasteiger partial charge in [0, 0.05) is 16.7 Å². The maximum absolute atomic E-state index is 11.2. The van der Waals surface area contributed by atoms with E-state index in [1.807, 2.05) is 0 Å². The summed E-state index contributed by atoms with van der Waals surface area (Å²) in [5.41, 5.74) is -1.29. The Hall–Kier alpha value is -1.67. The van der Waals surface area contributed by atoms with Crippen molar-refractivity contribution in [1.29, 1.82) is 0 Å². The molecule has 0 saturated carbocycles. The topological polar surface area (TPSA) is 104 Å². The van der Waals surface area contributed by atoms with E-state index < -0.39 is 30.1 Å². The van der Waals surface area contributed by atoms with Crippen molar-refractivity contribution in [2.45, 2.75) is 4.90 Å². The lowest BCUT2D eigenvalue weighted by Crippen LogP contribution is -2.03. The van der Waals surface area contributed by atoms with Gasteiger partial charge in [-0.05, 0) is 6.07 Å². The van der Waals surface area contributed by atoms with Gasteiger partial charge in [-0.1, -0.05) is 0 Å². The van der Waals surface area contributed by atoms with Crippen LogP contribution in [0.2, 0.25) is 0 Å². The first-order valence-electron chi connectivity index (χ1n) is 4.07. The van der Waals surface area contributed by atoms with Crippen LogP contribution in [0.3, 0.4) is 0 Å². The van der Waals surface area contributed by atoms with Gasteiger partial charge in [-0.25, -0.2) is 8.42 Å². The maximum Gasteiger partial charge on any atom is 0.299 e. The molecule has 0 bridgehead atoms. The van der Waals surface area contributed by atoms with Gasteiger partial charge in [-0.15, -0.1) is 0 Å². The Balaban J connectivity index is 3.77. The lowest BCUT2D eigenvalue weighted by Gasteiger charge is -2.05. The van der Waals surface area contributed by atoms with Gasteiger partial charge >= 0.3 is 0 Å². The Bertz CT molecular complexity index is 582. The molecule has 0 spiro atoms. The summed E-state index contributed by atoms with van der Waals surface area (Å²) in [5, 5.41) is 10.7. The number of benzene rings is 1. The number of nitro benzene ring substituents is 1. The Kier molecular flexibility index (Phi) is 3.69. The quantitative estimate of drug-likeness (QED) is 0.356. The van der Waals surface area contributed by atoms with Crippen LogP contribution in [0.1, 0.15) is 10.4 Å². The lowest BCUT2D eigenvalue weighted by molar-refractivity contribution is -0.388. The second-order valence-electron chi connectivity index (χ2n) is 2.88. The summed E-state index contributed by atoms with van der Waals surface area (Å²) in [6, 6.07) is 1.93. The summed E-state index contributed by atoms with van der Waals surface area (Å²) in [6.07, 6.45) is 0.159. The molecule has 17 heavy (non-hydrogen) atoms. The van der Waals surface area contributed by atoms with Crippen LogP contribution >= 0.6 is 10.7 Å². The van der Waals surface area contributed by atoms with Crippen molar-refractivity contribution in [1.82, 2.24) is 0 Å². The maximum atomic E-state index is 11.2. The Morgan fingerprint density at radius 1 is 1.47 bits per heavy atom. The fourth-order valence-corrected chi connectivity index (χ4v) is 2.23. The van der Waals surface area contributed by atoms with Gasteiger partial charge in [0.1, 0.15) is 5.75 Å². The van der Waals surface area contributed by atoms with Crippen molar-refractivity contribution < 1.29 is 22.9 Å². The number of nitro groups is 1. The Labute approximate surface area is 101 Å². The predicted molar refractivity (Wildman–Crippen MR) is 58.1 cm³/mol. The molecule has 1 rings (SSSR count). The van der Waals surface area contributed by atoms with Crippen molar-refractivity contribution in [3.8, 4) is 5.75 Å². The van der Waals surface area contributed by atoms with E-state index in [9.17, 15) is 23.3 Å². The average molecular weight is 280 g/mol. The molecule has 0 atom stereocenters. The van der Waals surface area contributed by atoms with Crippen LogP contribution in [-0.4, -0.2) is 26.7 Å². The molecule has 0 aliphatic heterocycles. The fourth-order valence-electron chi connectivity index (χ4n) is 1.19. The summed E-state index contributed by atoms with van der Waals surface area (Å²) in [5.74, 6) is -0.0167. The molecule has 7 nitrogen and oxygen atoms in total. The second-order valence-corrected chi connectivity index (χ2v) is 5.41. The Morgan fingerprint density at radius 3 is 2.41 bits per heavy atom. The van der Waals surface area contributed by atoms with Crippen molar-refractivity contribution >= 4 is 31.7 Å². The van der Waals surface area contributed by atoms with Crippen LogP contribution in [0, 0.1) is 10.1 Å². The number of aldehydes is 1. The van der Waals surface area contributed by atoms with E-state index in [0.717, 1.165) is 12.1 Å². The first-order chi connectivity index (χ1) is 7.81. The molecule has 1 aromatic rings. The Morgan fingerprint density at radius 2 is 2.06 bits per heavy atom. The third-order valence-corrected chi connectivity index (χ3v) is 3.22. The van der Waals surface area contributed by atoms with Crippen LogP contribution in [0.5, 0.6) is 5.75 Å². The fraction of sp³-hybridized carbons (Fsp3) is 0.125. The molecule has 0 unspecified atom stereocenters. The highest BCUT2D eigenvalue weighted by atomic mass is 35.7. The molecule has 0 heterocycles. The van der Waals surface area contributed by atoms with Crippen molar-refractivity contribution in [3.63, 3.8) is 0 Å². The number of hydrogen-bond donors (Lipinski definition) is 0. The zero-order chi connectivity index (χ0) is 13.2. The number of nitrogens with zero attached hydrogens (tertiary/aromatic N) is 1. The number of rotatable bonds is 4. The third kappa shape index (κ3) is 2.71. The lowest BCUT2D eigenvalue weighted by atomic mass is 10.2. The zero-order valence-electron chi connectivity index (χ0n) is 8.41. The molecule has 0 fully saturated rings. The number of carbonyl (C=O) groups excluding carboxylic acids is 1. The monoisotopic (exact) mass is 279 g/mol. The van der Waals surface area contributed by atoms with Gasteiger partial charge in [0.05, 0.1) is 17.6 Å². The van der Waals surface area contributed by atoms with Crippen LogP contribution in [-0.2, 0) is 9.05 Å². The highest BCUT2D eigenvalue weighted by molar-refractivity contribution is 8.13. The normalized spacial score (nSPS) is 10.9. The zero-order valence-corrected chi connectivity index (χ0v) is 9.99. The first-order valence-corrected chi connectivity index (χ1v) is 6.38. The molecule has 0 radical (unpaired) electrons. The minimum atomic E-state index is -4.35. The molecular weight excluding hydrogens is 274 g/mol. The van der Waals surface area contributed by atoms with Gasteiger partial charge in [0.15, 0.2) is 11.2 Å². The van der Waals surface area contributed by atoms with Gasteiger partial charge in [0.2, 0.25) is 0 Å². The highest BCUT2D eigenvalue weighted by Gasteiger charge is 2.29.